The predicted octanol–water partition coefficient (Wildman–Crippen LogP) is 9.72. The van der Waals surface area contributed by atoms with Crippen molar-refractivity contribution < 1.29 is 19.1 Å². The molecule has 0 aliphatic heterocycles. The maximum absolute atomic E-state index is 11.9. The average Bonchev–Trinajstić information content (AvgIpc) is 2.84. The Hall–Kier alpha value is -1.06. The molecule has 0 saturated heterocycles. The minimum Gasteiger partial charge on any atom is -0.466 e. The number of ether oxygens (including phenoxy) is 2. The molecule has 0 fully saturated rings. The molecule has 0 aromatic rings. The maximum atomic E-state index is 11.9. The van der Waals surface area contributed by atoms with Crippen molar-refractivity contribution in [2.75, 3.05) is 13.2 Å². The second-order valence-electron chi connectivity index (χ2n) is 10.7. The van der Waals surface area contributed by atoms with Gasteiger partial charge >= 0.3 is 11.9 Å². The molecule has 0 aromatic carbocycles. The molecular formula is C31H60O4. The molecule has 0 saturated carbocycles. The van der Waals surface area contributed by atoms with Crippen LogP contribution in [0.1, 0.15) is 168 Å². The van der Waals surface area contributed by atoms with Gasteiger partial charge in [0.1, 0.15) is 0 Å². The van der Waals surface area contributed by atoms with E-state index in [9.17, 15) is 9.59 Å². The fraction of sp³-hybridized carbons (Fsp3) is 0.935. The lowest BCUT2D eigenvalue weighted by Gasteiger charge is -2.11. The van der Waals surface area contributed by atoms with Crippen LogP contribution in [0.25, 0.3) is 0 Å². The molecule has 0 N–H and O–H groups in total. The van der Waals surface area contributed by atoms with E-state index in [1.165, 1.54) is 103 Å². The van der Waals surface area contributed by atoms with Gasteiger partial charge in [-0.1, -0.05) is 136 Å². The van der Waals surface area contributed by atoms with Crippen LogP contribution >= 0.6 is 0 Å². The summed E-state index contributed by atoms with van der Waals surface area (Å²) in [6, 6.07) is 0. The minimum absolute atomic E-state index is 0.00972. The molecular weight excluding hydrogens is 436 g/mol. The van der Waals surface area contributed by atoms with Crippen molar-refractivity contribution in [1.82, 2.24) is 0 Å². The number of hydrogen-bond acceptors (Lipinski definition) is 4. The van der Waals surface area contributed by atoms with Crippen molar-refractivity contribution in [3.05, 3.63) is 0 Å². The zero-order chi connectivity index (χ0) is 25.8. The van der Waals surface area contributed by atoms with Crippen LogP contribution in [0.2, 0.25) is 0 Å². The molecule has 35 heavy (non-hydrogen) atoms. The summed E-state index contributed by atoms with van der Waals surface area (Å²) in [6.07, 6.45) is 26.6. The molecule has 0 bridgehead atoms. The Balaban J connectivity index is 3.31. The number of rotatable bonds is 27. The Morgan fingerprint density at radius 3 is 1.43 bits per heavy atom. The van der Waals surface area contributed by atoms with E-state index in [4.69, 9.17) is 9.47 Å². The maximum Gasteiger partial charge on any atom is 0.306 e. The summed E-state index contributed by atoms with van der Waals surface area (Å²) in [6.45, 7) is 7.81. The zero-order valence-electron chi connectivity index (χ0n) is 23.9. The van der Waals surface area contributed by atoms with E-state index >= 15 is 0 Å². The van der Waals surface area contributed by atoms with Crippen molar-refractivity contribution in [3.63, 3.8) is 0 Å². The van der Waals surface area contributed by atoms with Crippen molar-refractivity contribution in [3.8, 4) is 0 Å². The van der Waals surface area contributed by atoms with Crippen LogP contribution in [0.3, 0.4) is 0 Å². The molecule has 0 aliphatic rings. The molecule has 1 atom stereocenters. The summed E-state index contributed by atoms with van der Waals surface area (Å²) in [4.78, 5) is 23.6. The van der Waals surface area contributed by atoms with Gasteiger partial charge in [-0.2, -0.15) is 0 Å². The fourth-order valence-electron chi connectivity index (χ4n) is 4.48. The average molecular weight is 497 g/mol. The lowest BCUT2D eigenvalue weighted by Crippen LogP contribution is -2.10. The van der Waals surface area contributed by atoms with E-state index in [0.29, 0.717) is 32.0 Å². The van der Waals surface area contributed by atoms with E-state index in [1.807, 2.05) is 0 Å². The molecule has 0 spiro atoms. The molecule has 0 aromatic heterocycles. The minimum atomic E-state index is -0.0114. The van der Waals surface area contributed by atoms with Crippen LogP contribution in [0, 0.1) is 5.92 Å². The van der Waals surface area contributed by atoms with Gasteiger partial charge in [0.25, 0.3) is 0 Å². The van der Waals surface area contributed by atoms with Crippen LogP contribution in [0.5, 0.6) is 0 Å². The number of hydrogen-bond donors (Lipinski definition) is 0. The lowest BCUT2D eigenvalue weighted by molar-refractivity contribution is -0.145. The monoisotopic (exact) mass is 496 g/mol. The van der Waals surface area contributed by atoms with Crippen molar-refractivity contribution in [2.45, 2.75) is 168 Å². The SMILES string of the molecule is CCCCCCCOC(=O)CCCCCCCCCCCCC(C)CC(=O)OCCCCCCC. The highest BCUT2D eigenvalue weighted by atomic mass is 16.5. The van der Waals surface area contributed by atoms with E-state index < -0.39 is 0 Å². The Morgan fingerprint density at radius 2 is 0.914 bits per heavy atom. The van der Waals surface area contributed by atoms with Crippen LogP contribution in [-0.4, -0.2) is 25.2 Å². The van der Waals surface area contributed by atoms with E-state index in [2.05, 4.69) is 20.8 Å². The first kappa shape index (κ1) is 33.9. The van der Waals surface area contributed by atoms with Gasteiger partial charge in [0.15, 0.2) is 0 Å². The summed E-state index contributed by atoms with van der Waals surface area (Å²) in [5.74, 6) is 0.415. The highest BCUT2D eigenvalue weighted by Gasteiger charge is 2.10. The Morgan fingerprint density at radius 1 is 0.514 bits per heavy atom. The summed E-state index contributed by atoms with van der Waals surface area (Å²) in [7, 11) is 0. The van der Waals surface area contributed by atoms with Crippen LogP contribution in [0.15, 0.2) is 0 Å². The normalized spacial score (nSPS) is 12.0. The standard InChI is InChI=1S/C31H60O4/c1-4-6-8-18-22-26-34-30(32)25-21-17-15-13-11-10-12-14-16-20-24-29(3)28-31(33)35-27-23-19-9-7-5-2/h29H,4-28H2,1-3H3. The van der Waals surface area contributed by atoms with Gasteiger partial charge in [0.05, 0.1) is 13.2 Å². The highest BCUT2D eigenvalue weighted by molar-refractivity contribution is 5.69. The van der Waals surface area contributed by atoms with Gasteiger partial charge in [-0.3, -0.25) is 9.59 Å². The van der Waals surface area contributed by atoms with E-state index in [-0.39, 0.29) is 11.9 Å². The second kappa shape index (κ2) is 27.5. The molecule has 0 amide bonds. The third-order valence-corrected chi connectivity index (χ3v) is 6.86. The molecule has 1 unspecified atom stereocenters. The summed E-state index contributed by atoms with van der Waals surface area (Å²) >= 11 is 0. The molecule has 0 rings (SSSR count). The van der Waals surface area contributed by atoms with Gasteiger partial charge in [-0.05, 0) is 25.2 Å². The molecule has 0 aliphatic carbocycles. The van der Waals surface area contributed by atoms with Crippen molar-refractivity contribution in [2.24, 2.45) is 5.92 Å². The first-order valence-corrected chi connectivity index (χ1v) is 15.4. The van der Waals surface area contributed by atoms with Crippen LogP contribution < -0.4 is 0 Å². The summed E-state index contributed by atoms with van der Waals surface area (Å²) < 4.78 is 10.7. The van der Waals surface area contributed by atoms with E-state index in [1.54, 1.807) is 0 Å². The highest BCUT2D eigenvalue weighted by Crippen LogP contribution is 2.17. The quantitative estimate of drug-likeness (QED) is 0.0838. The van der Waals surface area contributed by atoms with E-state index in [0.717, 1.165) is 32.1 Å². The van der Waals surface area contributed by atoms with Crippen LogP contribution in [-0.2, 0) is 19.1 Å². The molecule has 4 nitrogen and oxygen atoms in total. The predicted molar refractivity (Wildman–Crippen MR) is 149 cm³/mol. The molecule has 4 heteroatoms. The Kier molecular flexibility index (Phi) is 26.7. The first-order chi connectivity index (χ1) is 17.1. The smallest absolute Gasteiger partial charge is 0.306 e. The topological polar surface area (TPSA) is 52.6 Å². The Bertz CT molecular complexity index is 463. The third kappa shape index (κ3) is 27.4. The summed E-state index contributed by atoms with van der Waals surface area (Å²) in [5, 5.41) is 0. The number of carbonyl (C=O) groups is 2. The Labute approximate surface area is 218 Å². The largest absolute Gasteiger partial charge is 0.466 e. The van der Waals surface area contributed by atoms with Crippen molar-refractivity contribution >= 4 is 11.9 Å². The first-order valence-electron chi connectivity index (χ1n) is 15.4. The van der Waals surface area contributed by atoms with Crippen molar-refractivity contribution in [1.29, 1.82) is 0 Å². The number of unbranched alkanes of at least 4 members (excludes halogenated alkanes) is 17. The number of carbonyl (C=O) groups excluding carboxylic acids is 2. The van der Waals surface area contributed by atoms with Gasteiger partial charge in [0.2, 0.25) is 0 Å². The molecule has 0 heterocycles. The lowest BCUT2D eigenvalue weighted by atomic mass is 9.99. The summed E-state index contributed by atoms with van der Waals surface area (Å²) in [5.41, 5.74) is 0. The van der Waals surface area contributed by atoms with Crippen LogP contribution in [0.4, 0.5) is 0 Å². The molecule has 0 radical (unpaired) electrons. The van der Waals surface area contributed by atoms with Gasteiger partial charge in [-0.15, -0.1) is 0 Å². The van der Waals surface area contributed by atoms with Gasteiger partial charge < -0.3 is 9.47 Å². The third-order valence-electron chi connectivity index (χ3n) is 6.86. The fourth-order valence-corrected chi connectivity index (χ4v) is 4.48. The zero-order valence-corrected chi connectivity index (χ0v) is 23.9. The molecule has 208 valence electrons. The second-order valence-corrected chi connectivity index (χ2v) is 10.7. The number of esters is 2. The van der Waals surface area contributed by atoms with Gasteiger partial charge in [-0.25, -0.2) is 0 Å². The van der Waals surface area contributed by atoms with Gasteiger partial charge in [0, 0.05) is 12.8 Å².